The molecule has 3 aromatic heterocycles. The lowest BCUT2D eigenvalue weighted by atomic mass is 9.87. The molecule has 0 saturated carbocycles. The molecule has 0 aliphatic rings. The maximum absolute atomic E-state index is 10.5. The van der Waals surface area contributed by atoms with E-state index in [0.29, 0.717) is 17.6 Å². The molecule has 0 aromatic carbocycles. The first-order valence-corrected chi connectivity index (χ1v) is 9.82. The molecule has 8 heteroatoms. The van der Waals surface area contributed by atoms with Gasteiger partial charge in [0.15, 0.2) is 0 Å². The number of aliphatic hydroxyl groups is 1. The van der Waals surface area contributed by atoms with Crippen LogP contribution in [0, 0.1) is 13.8 Å². The maximum Gasteiger partial charge on any atom is 0.223 e. The van der Waals surface area contributed by atoms with Gasteiger partial charge in [-0.25, -0.2) is 4.98 Å². The number of hydrogen-bond donors (Lipinski definition) is 2. The highest BCUT2D eigenvalue weighted by Crippen LogP contribution is 2.37. The van der Waals surface area contributed by atoms with Gasteiger partial charge in [-0.3, -0.25) is 4.98 Å². The summed E-state index contributed by atoms with van der Waals surface area (Å²) in [7, 11) is 0. The molecule has 0 radical (unpaired) electrons. The third-order valence-corrected chi connectivity index (χ3v) is 6.58. The molecular formula is C19H23BrClN5O. The molecule has 144 valence electrons. The van der Waals surface area contributed by atoms with E-state index in [4.69, 9.17) is 17.3 Å². The van der Waals surface area contributed by atoms with Gasteiger partial charge in [0.2, 0.25) is 5.95 Å². The summed E-state index contributed by atoms with van der Waals surface area (Å²) in [6, 6.07) is 0. The molecule has 1 unspecified atom stereocenters. The van der Waals surface area contributed by atoms with Crippen LogP contribution in [0.5, 0.6) is 0 Å². The lowest BCUT2D eigenvalue weighted by Crippen LogP contribution is -2.26. The van der Waals surface area contributed by atoms with Crippen LogP contribution < -0.4 is 5.73 Å². The maximum atomic E-state index is 10.5. The minimum atomic E-state index is -0.926. The third kappa shape index (κ3) is 3.68. The van der Waals surface area contributed by atoms with Gasteiger partial charge in [-0.15, -0.1) is 0 Å². The Morgan fingerprint density at radius 2 is 2.00 bits per heavy atom. The zero-order chi connectivity index (χ0) is 20.1. The molecule has 0 amide bonds. The summed E-state index contributed by atoms with van der Waals surface area (Å²) in [5.41, 5.74) is 9.50. The summed E-state index contributed by atoms with van der Waals surface area (Å²) in [6.07, 6.45) is 3.80. The smallest absolute Gasteiger partial charge is 0.223 e. The number of hydrogen-bond acceptors (Lipinski definition) is 5. The van der Waals surface area contributed by atoms with Crippen molar-refractivity contribution in [1.29, 1.82) is 0 Å². The van der Waals surface area contributed by atoms with E-state index in [-0.39, 0.29) is 17.0 Å². The summed E-state index contributed by atoms with van der Waals surface area (Å²) in [5, 5.41) is 11.5. The van der Waals surface area contributed by atoms with Crippen LogP contribution in [0.25, 0.3) is 11.0 Å². The Morgan fingerprint density at radius 1 is 1.33 bits per heavy atom. The zero-order valence-electron chi connectivity index (χ0n) is 16.0. The average molecular weight is 453 g/mol. The predicted molar refractivity (Wildman–Crippen MR) is 112 cm³/mol. The lowest BCUT2D eigenvalue weighted by molar-refractivity contribution is 0.0563. The first kappa shape index (κ1) is 20.0. The predicted octanol–water partition coefficient (Wildman–Crippen LogP) is 4.36. The monoisotopic (exact) mass is 451 g/mol. The van der Waals surface area contributed by atoms with Crippen LogP contribution in [0.1, 0.15) is 49.1 Å². The van der Waals surface area contributed by atoms with Crippen molar-refractivity contribution in [1.82, 2.24) is 19.5 Å². The minimum absolute atomic E-state index is 0.115. The number of nitrogen functional groups attached to an aromatic ring is 1. The van der Waals surface area contributed by atoms with Crippen molar-refractivity contribution in [3.05, 3.63) is 44.4 Å². The Kier molecular flexibility index (Phi) is 5.22. The van der Waals surface area contributed by atoms with E-state index in [9.17, 15) is 5.11 Å². The quantitative estimate of drug-likeness (QED) is 0.574. The van der Waals surface area contributed by atoms with Crippen molar-refractivity contribution in [2.75, 3.05) is 5.73 Å². The normalized spacial score (nSPS) is 13.3. The highest BCUT2D eigenvalue weighted by Gasteiger charge is 2.29. The molecule has 0 bridgehead atoms. The number of aryl methyl sites for hydroxylation is 1. The van der Waals surface area contributed by atoms with Crippen LogP contribution >= 0.6 is 27.5 Å². The summed E-state index contributed by atoms with van der Waals surface area (Å²) in [5.74, 6) is -0.0612. The second-order valence-corrected chi connectivity index (χ2v) is 8.64. The van der Waals surface area contributed by atoms with Gasteiger partial charge < -0.3 is 15.4 Å². The van der Waals surface area contributed by atoms with Crippen LogP contribution in [-0.2, 0) is 6.54 Å². The molecule has 0 aliphatic heterocycles. The van der Waals surface area contributed by atoms with E-state index in [1.807, 2.05) is 37.7 Å². The van der Waals surface area contributed by atoms with Crippen LogP contribution in [0.3, 0.4) is 0 Å². The Hall–Kier alpha value is -1.70. The summed E-state index contributed by atoms with van der Waals surface area (Å²) < 4.78 is 3.01. The Labute approximate surface area is 171 Å². The van der Waals surface area contributed by atoms with Crippen molar-refractivity contribution < 1.29 is 5.11 Å². The van der Waals surface area contributed by atoms with Crippen LogP contribution in [-0.4, -0.2) is 30.2 Å². The van der Waals surface area contributed by atoms with Gasteiger partial charge in [0, 0.05) is 22.8 Å². The van der Waals surface area contributed by atoms with Gasteiger partial charge in [0.25, 0.3) is 0 Å². The van der Waals surface area contributed by atoms with E-state index in [0.717, 1.165) is 26.9 Å². The topological polar surface area (TPSA) is 89.8 Å². The van der Waals surface area contributed by atoms with Crippen LogP contribution in [0.4, 0.5) is 5.95 Å². The Morgan fingerprint density at radius 3 is 2.63 bits per heavy atom. The number of fused-ring (bicyclic) bond motifs is 1. The molecule has 3 N–H and O–H groups in total. The Balaban J connectivity index is 2.21. The molecule has 1 atom stereocenters. The number of aromatic nitrogens is 4. The fourth-order valence-electron chi connectivity index (χ4n) is 3.09. The third-order valence-electron chi connectivity index (χ3n) is 5.09. The van der Waals surface area contributed by atoms with Crippen molar-refractivity contribution in [3.8, 4) is 0 Å². The van der Waals surface area contributed by atoms with E-state index < -0.39 is 5.60 Å². The summed E-state index contributed by atoms with van der Waals surface area (Å²) >= 11 is 10.0. The van der Waals surface area contributed by atoms with E-state index in [1.54, 1.807) is 13.8 Å². The fourth-order valence-corrected chi connectivity index (χ4v) is 3.70. The van der Waals surface area contributed by atoms with Gasteiger partial charge in [-0.2, -0.15) is 4.98 Å². The standard InChI is InChI=1S/C19H23BrClN5O/c1-9-6-23-13(10(2)15(9)20)8-26-7-12(11(3)19(4,5)27)14-16(21)24-18(22)25-17(14)26/h6-7,11,27H,8H2,1-5H3,(H2,22,24,25). The number of pyridine rings is 1. The van der Waals surface area contributed by atoms with E-state index in [1.165, 1.54) is 0 Å². The molecule has 0 saturated heterocycles. The molecule has 3 aromatic rings. The molecule has 27 heavy (non-hydrogen) atoms. The number of halogens is 2. The van der Waals surface area contributed by atoms with Gasteiger partial charge in [-0.1, -0.05) is 34.5 Å². The minimum Gasteiger partial charge on any atom is -0.390 e. The van der Waals surface area contributed by atoms with E-state index >= 15 is 0 Å². The van der Waals surface area contributed by atoms with Gasteiger partial charge >= 0.3 is 0 Å². The van der Waals surface area contributed by atoms with Crippen molar-refractivity contribution >= 4 is 44.5 Å². The van der Waals surface area contributed by atoms with Crippen molar-refractivity contribution in [3.63, 3.8) is 0 Å². The first-order valence-electron chi connectivity index (χ1n) is 8.65. The highest BCUT2D eigenvalue weighted by molar-refractivity contribution is 9.10. The van der Waals surface area contributed by atoms with E-state index in [2.05, 4.69) is 30.9 Å². The molecular weight excluding hydrogens is 430 g/mol. The second-order valence-electron chi connectivity index (χ2n) is 7.49. The fraction of sp³-hybridized carbons (Fsp3) is 0.421. The van der Waals surface area contributed by atoms with Gasteiger partial charge in [-0.05, 0) is 44.4 Å². The molecule has 3 heterocycles. The van der Waals surface area contributed by atoms with Gasteiger partial charge in [0.05, 0.1) is 23.2 Å². The summed E-state index contributed by atoms with van der Waals surface area (Å²) in [4.78, 5) is 13.1. The Bertz CT molecular complexity index is 1030. The van der Waals surface area contributed by atoms with Crippen LogP contribution in [0.2, 0.25) is 5.15 Å². The zero-order valence-corrected chi connectivity index (χ0v) is 18.4. The highest BCUT2D eigenvalue weighted by atomic mass is 79.9. The number of anilines is 1. The molecule has 0 fully saturated rings. The average Bonchev–Trinajstić information content (AvgIpc) is 2.92. The first-order chi connectivity index (χ1) is 12.5. The molecule has 3 rings (SSSR count). The largest absolute Gasteiger partial charge is 0.390 e. The molecule has 0 spiro atoms. The van der Waals surface area contributed by atoms with Gasteiger partial charge in [0.1, 0.15) is 10.8 Å². The summed E-state index contributed by atoms with van der Waals surface area (Å²) in [6.45, 7) is 10.0. The van der Waals surface area contributed by atoms with Crippen molar-refractivity contribution in [2.45, 2.75) is 52.7 Å². The SMILES string of the molecule is Cc1cnc(Cn2cc(C(C)C(C)(C)O)c3c(Cl)nc(N)nc32)c(C)c1Br. The molecule has 0 aliphatic carbocycles. The molecule has 6 nitrogen and oxygen atoms in total. The van der Waals surface area contributed by atoms with Crippen molar-refractivity contribution in [2.24, 2.45) is 0 Å². The van der Waals surface area contributed by atoms with Crippen LogP contribution in [0.15, 0.2) is 16.9 Å². The number of nitrogens with zero attached hydrogens (tertiary/aromatic N) is 4. The lowest BCUT2D eigenvalue weighted by Gasteiger charge is -2.25. The second kappa shape index (κ2) is 7.04. The number of nitrogens with two attached hydrogens (primary N) is 1. The number of rotatable bonds is 4.